The summed E-state index contributed by atoms with van der Waals surface area (Å²) in [7, 11) is 1.70. The van der Waals surface area contributed by atoms with E-state index in [1.54, 1.807) is 36.5 Å². The van der Waals surface area contributed by atoms with E-state index in [4.69, 9.17) is 27.9 Å². The Kier molecular flexibility index (Phi) is 5.09. The molecule has 0 fully saturated rings. The van der Waals surface area contributed by atoms with E-state index < -0.39 is 0 Å². The number of likely N-dealkylation sites (N-methyl/N-ethyl adjacent to an activating group) is 1. The molecule has 2 aromatic rings. The summed E-state index contributed by atoms with van der Waals surface area (Å²) in [5, 5.41) is 1.03. The van der Waals surface area contributed by atoms with Crippen molar-refractivity contribution in [3.05, 3.63) is 46.5 Å². The van der Waals surface area contributed by atoms with Crippen LogP contribution in [0.15, 0.2) is 30.9 Å². The first-order valence-electron chi connectivity index (χ1n) is 6.31. The lowest BCUT2D eigenvalue weighted by Crippen LogP contribution is -2.33. The van der Waals surface area contributed by atoms with Gasteiger partial charge in [0.25, 0.3) is 0 Å². The van der Waals surface area contributed by atoms with Gasteiger partial charge in [-0.2, -0.15) is 0 Å². The number of nitrogens with zero attached hydrogens (tertiary/aromatic N) is 3. The fourth-order valence-electron chi connectivity index (χ4n) is 1.82. The molecular formula is C14H15Cl2N3O2. The molecule has 0 unspecified atom stereocenters. The van der Waals surface area contributed by atoms with Gasteiger partial charge in [-0.15, -0.1) is 0 Å². The number of ether oxygens (including phenoxy) is 1. The monoisotopic (exact) mass is 327 g/mol. The lowest BCUT2D eigenvalue weighted by molar-refractivity contribution is 0.196. The summed E-state index contributed by atoms with van der Waals surface area (Å²) in [6.07, 6.45) is 4.61. The Hall–Kier alpha value is -1.72. The molecule has 112 valence electrons. The van der Waals surface area contributed by atoms with Crippen molar-refractivity contribution in [2.45, 2.75) is 6.92 Å². The highest BCUT2D eigenvalue weighted by Crippen LogP contribution is 2.31. The Morgan fingerprint density at radius 2 is 2.19 bits per heavy atom. The number of carbonyl (C=O) groups excluding carboxylic acids is 1. The Labute approximate surface area is 133 Å². The van der Waals surface area contributed by atoms with Gasteiger partial charge in [-0.1, -0.05) is 23.2 Å². The SMILES string of the molecule is Cc1cc(Cl)cc(Cl)c1OCCN(C)C(=O)n1ccnc1. The van der Waals surface area contributed by atoms with Crippen LogP contribution in [-0.2, 0) is 0 Å². The zero-order valence-electron chi connectivity index (χ0n) is 11.7. The lowest BCUT2D eigenvalue weighted by Gasteiger charge is -2.18. The fraction of sp³-hybridized carbons (Fsp3) is 0.286. The molecule has 0 atom stereocenters. The first kappa shape index (κ1) is 15.7. The number of amides is 1. The number of benzene rings is 1. The smallest absolute Gasteiger partial charge is 0.329 e. The molecule has 0 aliphatic rings. The van der Waals surface area contributed by atoms with Crippen LogP contribution >= 0.6 is 23.2 Å². The van der Waals surface area contributed by atoms with Crippen molar-refractivity contribution in [2.75, 3.05) is 20.2 Å². The molecule has 0 bridgehead atoms. The average Bonchev–Trinajstić information content (AvgIpc) is 2.94. The zero-order valence-corrected chi connectivity index (χ0v) is 13.2. The maximum Gasteiger partial charge on any atom is 0.329 e. The van der Waals surface area contributed by atoms with Crippen molar-refractivity contribution in [3.63, 3.8) is 0 Å². The third-order valence-electron chi connectivity index (χ3n) is 2.92. The van der Waals surface area contributed by atoms with E-state index >= 15 is 0 Å². The van der Waals surface area contributed by atoms with Crippen LogP contribution < -0.4 is 4.74 Å². The van der Waals surface area contributed by atoms with Gasteiger partial charge in [-0.05, 0) is 24.6 Å². The third kappa shape index (κ3) is 3.89. The maximum atomic E-state index is 12.0. The van der Waals surface area contributed by atoms with Gasteiger partial charge in [0.1, 0.15) is 18.7 Å². The lowest BCUT2D eigenvalue weighted by atomic mass is 10.2. The van der Waals surface area contributed by atoms with Gasteiger partial charge in [0.2, 0.25) is 0 Å². The van der Waals surface area contributed by atoms with Crippen LogP contribution in [0.25, 0.3) is 0 Å². The molecule has 1 aromatic carbocycles. The van der Waals surface area contributed by atoms with E-state index in [0.717, 1.165) is 5.56 Å². The number of hydrogen-bond donors (Lipinski definition) is 0. The van der Waals surface area contributed by atoms with Crippen LogP contribution in [0.3, 0.4) is 0 Å². The highest BCUT2D eigenvalue weighted by molar-refractivity contribution is 6.35. The Bertz CT molecular complexity index is 606. The van der Waals surface area contributed by atoms with Crippen LogP contribution in [0.5, 0.6) is 5.75 Å². The molecule has 0 saturated carbocycles. The number of halogens is 2. The number of aromatic nitrogens is 2. The summed E-state index contributed by atoms with van der Waals surface area (Å²) >= 11 is 12.0. The zero-order chi connectivity index (χ0) is 15.4. The summed E-state index contributed by atoms with van der Waals surface area (Å²) in [6.45, 7) is 2.63. The quantitative estimate of drug-likeness (QED) is 0.863. The minimum Gasteiger partial charge on any atom is -0.490 e. The standard InChI is InChI=1S/C14H15Cl2N3O2/c1-10-7-11(15)8-12(16)13(10)21-6-5-18(2)14(20)19-4-3-17-9-19/h3-4,7-9H,5-6H2,1-2H3. The first-order valence-corrected chi connectivity index (χ1v) is 7.06. The van der Waals surface area contributed by atoms with Crippen molar-refractivity contribution >= 4 is 29.2 Å². The molecule has 5 nitrogen and oxygen atoms in total. The van der Waals surface area contributed by atoms with Crippen molar-refractivity contribution in [1.29, 1.82) is 0 Å². The highest BCUT2D eigenvalue weighted by atomic mass is 35.5. The molecule has 0 radical (unpaired) electrons. The number of aryl methyl sites for hydroxylation is 1. The van der Waals surface area contributed by atoms with Crippen LogP contribution in [-0.4, -0.2) is 40.7 Å². The molecule has 0 spiro atoms. The van der Waals surface area contributed by atoms with Gasteiger partial charge >= 0.3 is 6.03 Å². The van der Waals surface area contributed by atoms with E-state index in [1.165, 1.54) is 10.9 Å². The largest absolute Gasteiger partial charge is 0.490 e. The number of rotatable bonds is 4. The van der Waals surface area contributed by atoms with E-state index in [2.05, 4.69) is 4.98 Å². The fourth-order valence-corrected chi connectivity index (χ4v) is 2.47. The predicted molar refractivity (Wildman–Crippen MR) is 82.3 cm³/mol. The minimum absolute atomic E-state index is 0.171. The molecule has 0 saturated heterocycles. The van der Waals surface area contributed by atoms with Crippen LogP contribution in [0, 0.1) is 6.92 Å². The number of imidazole rings is 1. The normalized spacial score (nSPS) is 10.5. The molecule has 0 N–H and O–H groups in total. The summed E-state index contributed by atoms with van der Waals surface area (Å²) in [5.74, 6) is 0.588. The van der Waals surface area contributed by atoms with Gasteiger partial charge in [-0.25, -0.2) is 9.78 Å². The van der Waals surface area contributed by atoms with Gasteiger partial charge < -0.3 is 9.64 Å². The minimum atomic E-state index is -0.171. The van der Waals surface area contributed by atoms with E-state index in [1.807, 2.05) is 6.92 Å². The molecule has 1 amide bonds. The van der Waals surface area contributed by atoms with Crippen LogP contribution in [0.1, 0.15) is 5.56 Å². The second kappa shape index (κ2) is 6.83. The van der Waals surface area contributed by atoms with Gasteiger partial charge in [-0.3, -0.25) is 4.57 Å². The van der Waals surface area contributed by atoms with E-state index in [9.17, 15) is 4.79 Å². The number of carbonyl (C=O) groups is 1. The average molecular weight is 328 g/mol. The summed E-state index contributed by atoms with van der Waals surface area (Å²) in [4.78, 5) is 17.4. The second-order valence-electron chi connectivity index (χ2n) is 4.56. The van der Waals surface area contributed by atoms with Gasteiger partial charge in [0.05, 0.1) is 11.6 Å². The molecule has 21 heavy (non-hydrogen) atoms. The Balaban J connectivity index is 1.91. The first-order chi connectivity index (χ1) is 9.99. The van der Waals surface area contributed by atoms with Crippen molar-refractivity contribution in [1.82, 2.24) is 14.5 Å². The van der Waals surface area contributed by atoms with Crippen molar-refractivity contribution < 1.29 is 9.53 Å². The highest BCUT2D eigenvalue weighted by Gasteiger charge is 2.12. The Morgan fingerprint density at radius 1 is 1.43 bits per heavy atom. The molecule has 1 heterocycles. The second-order valence-corrected chi connectivity index (χ2v) is 5.40. The summed E-state index contributed by atoms with van der Waals surface area (Å²) < 4.78 is 7.05. The topological polar surface area (TPSA) is 47.4 Å². The summed E-state index contributed by atoms with van der Waals surface area (Å²) in [6, 6.07) is 3.24. The van der Waals surface area contributed by atoms with E-state index in [-0.39, 0.29) is 6.03 Å². The van der Waals surface area contributed by atoms with Crippen molar-refractivity contribution in [3.8, 4) is 5.75 Å². The predicted octanol–water partition coefficient (Wildman–Crippen LogP) is 3.48. The molecule has 7 heteroatoms. The third-order valence-corrected chi connectivity index (χ3v) is 3.42. The summed E-state index contributed by atoms with van der Waals surface area (Å²) in [5.41, 5.74) is 0.857. The Morgan fingerprint density at radius 3 is 2.81 bits per heavy atom. The van der Waals surface area contributed by atoms with E-state index in [0.29, 0.717) is 28.9 Å². The van der Waals surface area contributed by atoms with Crippen LogP contribution in [0.4, 0.5) is 4.79 Å². The number of hydrogen-bond acceptors (Lipinski definition) is 3. The molecular weight excluding hydrogens is 313 g/mol. The molecule has 2 rings (SSSR count). The molecule has 1 aromatic heterocycles. The van der Waals surface area contributed by atoms with Crippen molar-refractivity contribution in [2.24, 2.45) is 0 Å². The molecule has 0 aliphatic heterocycles. The van der Waals surface area contributed by atoms with Gasteiger partial charge in [0.15, 0.2) is 0 Å². The van der Waals surface area contributed by atoms with Gasteiger partial charge in [0, 0.05) is 24.5 Å². The van der Waals surface area contributed by atoms with Crippen LogP contribution in [0.2, 0.25) is 10.0 Å². The maximum absolute atomic E-state index is 12.0. The molecule has 0 aliphatic carbocycles.